The van der Waals surface area contributed by atoms with Crippen LogP contribution in [-0.2, 0) is 6.42 Å². The minimum atomic E-state index is -0.204. The van der Waals surface area contributed by atoms with Gasteiger partial charge < -0.3 is 5.11 Å². The number of benzene rings is 1. The molecule has 1 N–H and O–H groups in total. The van der Waals surface area contributed by atoms with E-state index in [1.165, 1.54) is 6.07 Å². The van der Waals surface area contributed by atoms with Gasteiger partial charge in [0.25, 0.3) is 0 Å². The van der Waals surface area contributed by atoms with Crippen molar-refractivity contribution < 1.29 is 9.50 Å². The molecule has 2 aromatic heterocycles. The van der Waals surface area contributed by atoms with Crippen molar-refractivity contribution >= 4 is 16.3 Å². The van der Waals surface area contributed by atoms with E-state index >= 15 is 0 Å². The van der Waals surface area contributed by atoms with Gasteiger partial charge in [0.15, 0.2) is 4.96 Å². The second kappa shape index (κ2) is 4.75. The van der Waals surface area contributed by atoms with Crippen molar-refractivity contribution in [1.82, 2.24) is 9.38 Å². The van der Waals surface area contributed by atoms with Crippen LogP contribution in [0.3, 0.4) is 0 Å². The summed E-state index contributed by atoms with van der Waals surface area (Å²) in [5.41, 5.74) is 2.56. The Morgan fingerprint density at radius 1 is 1.42 bits per heavy atom. The molecule has 3 aromatic rings. The van der Waals surface area contributed by atoms with Gasteiger partial charge >= 0.3 is 0 Å². The van der Waals surface area contributed by atoms with Crippen molar-refractivity contribution in [2.75, 3.05) is 6.61 Å². The summed E-state index contributed by atoms with van der Waals surface area (Å²) >= 11 is 1.56. The van der Waals surface area contributed by atoms with Gasteiger partial charge in [0.2, 0.25) is 0 Å². The Bertz CT molecular complexity index is 732. The molecular formula is C14H13FN2OS. The van der Waals surface area contributed by atoms with E-state index in [2.05, 4.69) is 4.98 Å². The third-order valence-corrected chi connectivity index (χ3v) is 4.23. The fraction of sp³-hybridized carbons (Fsp3) is 0.214. The Morgan fingerprint density at radius 2 is 2.26 bits per heavy atom. The quantitative estimate of drug-likeness (QED) is 0.798. The van der Waals surface area contributed by atoms with Crippen LogP contribution in [0.5, 0.6) is 0 Å². The first-order valence-electron chi connectivity index (χ1n) is 6.03. The van der Waals surface area contributed by atoms with E-state index in [9.17, 15) is 4.39 Å². The number of imidazole rings is 1. The summed E-state index contributed by atoms with van der Waals surface area (Å²) in [5.74, 6) is -0.204. The Hall–Kier alpha value is -1.72. The maximum Gasteiger partial charge on any atom is 0.194 e. The molecule has 0 amide bonds. The van der Waals surface area contributed by atoms with Gasteiger partial charge in [0, 0.05) is 35.9 Å². The molecule has 3 nitrogen and oxygen atoms in total. The number of aliphatic hydroxyl groups excluding tert-OH is 1. The average molecular weight is 276 g/mol. The van der Waals surface area contributed by atoms with Gasteiger partial charge in [-0.3, -0.25) is 4.40 Å². The third kappa shape index (κ3) is 2.05. The van der Waals surface area contributed by atoms with Crippen LogP contribution < -0.4 is 0 Å². The average Bonchev–Trinajstić information content (AvgIpc) is 2.93. The maximum absolute atomic E-state index is 13.4. The maximum atomic E-state index is 13.4. The summed E-state index contributed by atoms with van der Waals surface area (Å²) in [4.78, 5) is 6.23. The molecule has 0 aliphatic heterocycles. The number of hydrogen-bond donors (Lipinski definition) is 1. The SMILES string of the molecule is Cc1cc(-c2c(CCO)sc3nccn23)ccc1F. The van der Waals surface area contributed by atoms with E-state index in [1.807, 2.05) is 16.7 Å². The standard InChI is InChI=1S/C14H13FN2OS/c1-9-8-10(2-3-11(9)15)13-12(4-7-18)19-14-16-5-6-17(13)14/h2-3,5-6,8,18H,4,7H2,1H3. The van der Waals surface area contributed by atoms with Gasteiger partial charge in [0.05, 0.1) is 5.69 Å². The monoisotopic (exact) mass is 276 g/mol. The molecule has 1 aromatic carbocycles. The van der Waals surface area contributed by atoms with Crippen molar-refractivity contribution in [3.63, 3.8) is 0 Å². The second-order valence-corrected chi connectivity index (χ2v) is 5.45. The molecule has 98 valence electrons. The van der Waals surface area contributed by atoms with Gasteiger partial charge in [-0.2, -0.15) is 0 Å². The molecule has 19 heavy (non-hydrogen) atoms. The Kier molecular flexibility index (Phi) is 3.08. The highest BCUT2D eigenvalue weighted by Crippen LogP contribution is 2.32. The molecule has 0 unspecified atom stereocenters. The van der Waals surface area contributed by atoms with Crippen molar-refractivity contribution in [1.29, 1.82) is 0 Å². The number of aryl methyl sites for hydroxylation is 1. The van der Waals surface area contributed by atoms with Crippen LogP contribution in [0, 0.1) is 12.7 Å². The Morgan fingerprint density at radius 3 is 3.00 bits per heavy atom. The zero-order valence-corrected chi connectivity index (χ0v) is 11.2. The molecule has 3 rings (SSSR count). The van der Waals surface area contributed by atoms with E-state index in [0.29, 0.717) is 12.0 Å². The van der Waals surface area contributed by atoms with Gasteiger partial charge in [-0.05, 0) is 30.7 Å². The van der Waals surface area contributed by atoms with E-state index < -0.39 is 0 Å². The number of thiazole rings is 1. The van der Waals surface area contributed by atoms with Crippen LogP contribution in [0.25, 0.3) is 16.2 Å². The third-order valence-electron chi connectivity index (χ3n) is 3.10. The van der Waals surface area contributed by atoms with Crippen molar-refractivity contribution in [2.24, 2.45) is 0 Å². The molecule has 0 aliphatic rings. The van der Waals surface area contributed by atoms with Crippen molar-refractivity contribution in [3.05, 3.63) is 46.9 Å². The highest BCUT2D eigenvalue weighted by Gasteiger charge is 2.15. The summed E-state index contributed by atoms with van der Waals surface area (Å²) in [5, 5.41) is 9.17. The largest absolute Gasteiger partial charge is 0.396 e. The van der Waals surface area contributed by atoms with Gasteiger partial charge in [-0.1, -0.05) is 0 Å². The topological polar surface area (TPSA) is 37.5 Å². The minimum absolute atomic E-state index is 0.0941. The van der Waals surface area contributed by atoms with Gasteiger partial charge in [-0.15, -0.1) is 11.3 Å². The number of aliphatic hydroxyl groups is 1. The van der Waals surface area contributed by atoms with E-state index in [0.717, 1.165) is 21.1 Å². The second-order valence-electron chi connectivity index (χ2n) is 4.39. The number of fused-ring (bicyclic) bond motifs is 1. The zero-order chi connectivity index (χ0) is 13.4. The first-order chi connectivity index (χ1) is 9.20. The van der Waals surface area contributed by atoms with Crippen LogP contribution in [0.1, 0.15) is 10.4 Å². The molecule has 0 fully saturated rings. The smallest absolute Gasteiger partial charge is 0.194 e. The molecule has 0 saturated heterocycles. The number of halogens is 1. The number of nitrogens with zero attached hydrogens (tertiary/aromatic N) is 2. The summed E-state index contributed by atoms with van der Waals surface area (Å²) < 4.78 is 15.4. The Balaban J connectivity index is 2.23. The van der Waals surface area contributed by atoms with E-state index in [4.69, 9.17) is 5.11 Å². The molecule has 0 bridgehead atoms. The van der Waals surface area contributed by atoms with Gasteiger partial charge in [-0.25, -0.2) is 9.37 Å². The number of aromatic nitrogens is 2. The molecular weight excluding hydrogens is 263 g/mol. The molecule has 0 radical (unpaired) electrons. The molecule has 0 saturated carbocycles. The predicted molar refractivity (Wildman–Crippen MR) is 74.0 cm³/mol. The molecule has 2 heterocycles. The summed E-state index contributed by atoms with van der Waals surface area (Å²) in [6.07, 6.45) is 4.22. The first-order valence-corrected chi connectivity index (χ1v) is 6.84. The van der Waals surface area contributed by atoms with Crippen LogP contribution in [0.15, 0.2) is 30.6 Å². The predicted octanol–water partition coefficient (Wildman–Crippen LogP) is 3.05. The minimum Gasteiger partial charge on any atom is -0.396 e. The van der Waals surface area contributed by atoms with E-state index in [-0.39, 0.29) is 12.4 Å². The lowest BCUT2D eigenvalue weighted by molar-refractivity contribution is 0.300. The molecule has 0 spiro atoms. The fourth-order valence-corrected chi connectivity index (χ4v) is 3.28. The van der Waals surface area contributed by atoms with Crippen molar-refractivity contribution in [3.8, 4) is 11.3 Å². The summed E-state index contributed by atoms with van der Waals surface area (Å²) in [7, 11) is 0. The lowest BCUT2D eigenvalue weighted by Crippen LogP contribution is -1.94. The Labute approximate surface area is 114 Å². The number of rotatable bonds is 3. The van der Waals surface area contributed by atoms with Crippen LogP contribution >= 0.6 is 11.3 Å². The molecule has 0 atom stereocenters. The lowest BCUT2D eigenvalue weighted by Gasteiger charge is -2.06. The van der Waals surface area contributed by atoms with Crippen LogP contribution in [-0.4, -0.2) is 21.1 Å². The highest BCUT2D eigenvalue weighted by molar-refractivity contribution is 7.17. The van der Waals surface area contributed by atoms with Crippen LogP contribution in [0.4, 0.5) is 4.39 Å². The number of hydrogen-bond acceptors (Lipinski definition) is 3. The summed E-state index contributed by atoms with van der Waals surface area (Å²) in [6, 6.07) is 5.08. The van der Waals surface area contributed by atoms with Crippen LogP contribution in [0.2, 0.25) is 0 Å². The van der Waals surface area contributed by atoms with Gasteiger partial charge in [0.1, 0.15) is 5.82 Å². The van der Waals surface area contributed by atoms with Crippen molar-refractivity contribution in [2.45, 2.75) is 13.3 Å². The highest BCUT2D eigenvalue weighted by atomic mass is 32.1. The normalized spacial score (nSPS) is 11.3. The fourth-order valence-electron chi connectivity index (χ4n) is 2.19. The molecule has 0 aliphatic carbocycles. The zero-order valence-electron chi connectivity index (χ0n) is 10.4. The lowest BCUT2D eigenvalue weighted by atomic mass is 10.1. The molecule has 5 heteroatoms. The first kappa shape index (κ1) is 12.3. The summed E-state index contributed by atoms with van der Waals surface area (Å²) in [6.45, 7) is 1.85. The van der Waals surface area contributed by atoms with E-state index in [1.54, 1.807) is 30.5 Å².